The van der Waals surface area contributed by atoms with Gasteiger partial charge in [0.15, 0.2) is 0 Å². The summed E-state index contributed by atoms with van der Waals surface area (Å²) >= 11 is 0. The van der Waals surface area contributed by atoms with Gasteiger partial charge in [-0.2, -0.15) is 0 Å². The molecule has 5 nitrogen and oxygen atoms in total. The Morgan fingerprint density at radius 2 is 2.16 bits per heavy atom. The Kier molecular flexibility index (Phi) is 6.01. The van der Waals surface area contributed by atoms with Crippen molar-refractivity contribution < 1.29 is 9.90 Å². The lowest BCUT2D eigenvalue weighted by molar-refractivity contribution is 0.144. The molecule has 1 aromatic carbocycles. The van der Waals surface area contributed by atoms with Crippen LogP contribution in [0.4, 0.5) is 4.79 Å². The van der Waals surface area contributed by atoms with Gasteiger partial charge in [0.1, 0.15) is 0 Å². The largest absolute Gasteiger partial charge is 0.395 e. The number of fused-ring (bicyclic) bond motifs is 1. The molecule has 1 aromatic heterocycles. The normalized spacial score (nSPS) is 16.1. The molecule has 3 rings (SSSR count). The molecule has 0 spiro atoms. The molecule has 0 aliphatic heterocycles. The summed E-state index contributed by atoms with van der Waals surface area (Å²) in [6.07, 6.45) is 7.36. The second-order valence-corrected chi connectivity index (χ2v) is 6.37. The molecule has 1 aliphatic carbocycles. The van der Waals surface area contributed by atoms with Crippen LogP contribution in [0.2, 0.25) is 0 Å². The number of hydrogen-bond donors (Lipinski definition) is 2. The number of aliphatic hydroxyl groups is 1. The molecular weight excluding hydrogens is 314 g/mol. The zero-order chi connectivity index (χ0) is 17.5. The third kappa shape index (κ3) is 4.37. The summed E-state index contributed by atoms with van der Waals surface area (Å²) in [5.41, 5.74) is 3.62. The van der Waals surface area contributed by atoms with Crippen LogP contribution in [0.25, 0.3) is 0 Å². The van der Waals surface area contributed by atoms with Gasteiger partial charge in [-0.3, -0.25) is 4.98 Å². The third-order valence-electron chi connectivity index (χ3n) is 4.73. The molecule has 0 bridgehead atoms. The summed E-state index contributed by atoms with van der Waals surface area (Å²) in [6.45, 7) is 0.868. The molecule has 0 unspecified atom stereocenters. The number of aromatic nitrogens is 1. The van der Waals surface area contributed by atoms with Gasteiger partial charge < -0.3 is 15.3 Å². The van der Waals surface area contributed by atoms with Crippen LogP contribution in [-0.2, 0) is 12.8 Å². The van der Waals surface area contributed by atoms with Crippen LogP contribution in [0.5, 0.6) is 0 Å². The number of carbonyl (C=O) groups excluding carboxylic acids is 1. The first kappa shape index (κ1) is 17.4. The summed E-state index contributed by atoms with van der Waals surface area (Å²) < 4.78 is 0. The van der Waals surface area contributed by atoms with Crippen LogP contribution in [0.1, 0.15) is 35.6 Å². The highest BCUT2D eigenvalue weighted by Crippen LogP contribution is 2.34. The van der Waals surface area contributed by atoms with Gasteiger partial charge in [-0.25, -0.2) is 4.79 Å². The van der Waals surface area contributed by atoms with E-state index in [2.05, 4.69) is 22.4 Å². The topological polar surface area (TPSA) is 65.5 Å². The summed E-state index contributed by atoms with van der Waals surface area (Å²) in [7, 11) is 0. The van der Waals surface area contributed by atoms with Gasteiger partial charge in [0, 0.05) is 25.5 Å². The minimum absolute atomic E-state index is 0.0330. The molecule has 1 heterocycles. The molecule has 5 heteroatoms. The van der Waals surface area contributed by atoms with Gasteiger partial charge in [0.25, 0.3) is 0 Å². The van der Waals surface area contributed by atoms with E-state index in [0.29, 0.717) is 13.1 Å². The van der Waals surface area contributed by atoms with E-state index in [0.717, 1.165) is 31.2 Å². The number of amides is 2. The highest BCUT2D eigenvalue weighted by molar-refractivity contribution is 5.75. The quantitative estimate of drug-likeness (QED) is 0.850. The zero-order valence-electron chi connectivity index (χ0n) is 14.4. The van der Waals surface area contributed by atoms with Crippen molar-refractivity contribution in [2.24, 2.45) is 0 Å². The number of pyridine rings is 1. The number of carbonyl (C=O) groups is 1. The van der Waals surface area contributed by atoms with Crippen LogP contribution < -0.4 is 5.32 Å². The number of hydrogen-bond acceptors (Lipinski definition) is 3. The van der Waals surface area contributed by atoms with E-state index in [1.54, 1.807) is 11.1 Å². The fourth-order valence-electron chi connectivity index (χ4n) is 3.52. The number of benzene rings is 1. The summed E-state index contributed by atoms with van der Waals surface area (Å²) in [5.74, 6) is 0. The minimum Gasteiger partial charge on any atom is -0.395 e. The van der Waals surface area contributed by atoms with Crippen molar-refractivity contribution in [2.45, 2.75) is 31.7 Å². The number of rotatable bonds is 6. The first-order chi connectivity index (χ1) is 12.3. The Balaban J connectivity index is 1.65. The zero-order valence-corrected chi connectivity index (χ0v) is 14.4. The van der Waals surface area contributed by atoms with Gasteiger partial charge in [0.2, 0.25) is 0 Å². The molecule has 0 saturated carbocycles. The average molecular weight is 339 g/mol. The van der Waals surface area contributed by atoms with E-state index in [-0.39, 0.29) is 18.7 Å². The lowest BCUT2D eigenvalue weighted by Crippen LogP contribution is -2.45. The first-order valence-corrected chi connectivity index (χ1v) is 8.91. The van der Waals surface area contributed by atoms with Crippen molar-refractivity contribution in [3.8, 4) is 0 Å². The fourth-order valence-corrected chi connectivity index (χ4v) is 3.52. The van der Waals surface area contributed by atoms with Gasteiger partial charge in [-0.05, 0) is 48.4 Å². The highest BCUT2D eigenvalue weighted by Gasteiger charge is 2.28. The highest BCUT2D eigenvalue weighted by atomic mass is 16.3. The molecule has 2 aromatic rings. The Morgan fingerprint density at radius 1 is 1.28 bits per heavy atom. The number of aliphatic hydroxyl groups excluding tert-OH is 1. The smallest absolute Gasteiger partial charge is 0.318 e. The molecular formula is C20H25N3O2. The van der Waals surface area contributed by atoms with E-state index in [1.807, 2.05) is 30.5 Å². The van der Waals surface area contributed by atoms with Gasteiger partial charge in [-0.1, -0.05) is 30.3 Å². The van der Waals surface area contributed by atoms with E-state index in [1.165, 1.54) is 11.1 Å². The van der Waals surface area contributed by atoms with Crippen molar-refractivity contribution in [1.82, 2.24) is 15.2 Å². The van der Waals surface area contributed by atoms with E-state index in [9.17, 15) is 9.90 Å². The SMILES string of the molecule is O=C(NCCc1cccnc1)N(CCO)[C@H]1CCCc2ccccc21. The lowest BCUT2D eigenvalue weighted by Gasteiger charge is -2.35. The predicted molar refractivity (Wildman–Crippen MR) is 97.3 cm³/mol. The Hall–Kier alpha value is -2.40. The molecule has 0 radical (unpaired) electrons. The third-order valence-corrected chi connectivity index (χ3v) is 4.73. The van der Waals surface area contributed by atoms with Crippen LogP contribution >= 0.6 is 0 Å². The molecule has 132 valence electrons. The number of aryl methyl sites for hydroxylation is 1. The summed E-state index contributed by atoms with van der Waals surface area (Å²) in [4.78, 5) is 18.6. The molecule has 25 heavy (non-hydrogen) atoms. The maximum absolute atomic E-state index is 12.7. The van der Waals surface area contributed by atoms with Crippen molar-refractivity contribution >= 4 is 6.03 Å². The lowest BCUT2D eigenvalue weighted by atomic mass is 9.87. The molecule has 1 aliphatic rings. The standard InChI is InChI=1S/C20H25N3O2/c24-14-13-23(19-9-3-7-17-6-1-2-8-18(17)19)20(25)22-12-10-16-5-4-11-21-15-16/h1-2,4-6,8,11,15,19,24H,3,7,9-10,12-14H2,(H,22,25)/t19-/m0/s1. The second-order valence-electron chi connectivity index (χ2n) is 6.37. The van der Waals surface area contributed by atoms with Crippen LogP contribution in [0.15, 0.2) is 48.8 Å². The maximum atomic E-state index is 12.7. The molecule has 2 N–H and O–H groups in total. The summed E-state index contributed by atoms with van der Waals surface area (Å²) in [6, 6.07) is 12.1. The van der Waals surface area contributed by atoms with Crippen molar-refractivity contribution in [2.75, 3.05) is 19.7 Å². The van der Waals surface area contributed by atoms with Crippen LogP contribution in [0, 0.1) is 0 Å². The average Bonchev–Trinajstić information content (AvgIpc) is 2.66. The van der Waals surface area contributed by atoms with Crippen molar-refractivity contribution in [1.29, 1.82) is 0 Å². The monoisotopic (exact) mass is 339 g/mol. The minimum atomic E-state index is -0.111. The number of nitrogens with zero attached hydrogens (tertiary/aromatic N) is 2. The summed E-state index contributed by atoms with van der Waals surface area (Å²) in [5, 5.41) is 12.4. The molecule has 2 amide bonds. The van der Waals surface area contributed by atoms with Gasteiger partial charge in [0.05, 0.1) is 12.6 Å². The Morgan fingerprint density at radius 3 is 2.96 bits per heavy atom. The maximum Gasteiger partial charge on any atom is 0.318 e. The second kappa shape index (κ2) is 8.62. The Labute approximate surface area is 148 Å². The van der Waals surface area contributed by atoms with Gasteiger partial charge in [-0.15, -0.1) is 0 Å². The molecule has 0 fully saturated rings. The Bertz CT molecular complexity index is 690. The number of urea groups is 1. The van der Waals surface area contributed by atoms with Gasteiger partial charge >= 0.3 is 6.03 Å². The van der Waals surface area contributed by atoms with Crippen LogP contribution in [-0.4, -0.2) is 40.7 Å². The predicted octanol–water partition coefficient (Wildman–Crippen LogP) is 2.71. The van der Waals surface area contributed by atoms with Crippen molar-refractivity contribution in [3.05, 3.63) is 65.5 Å². The van der Waals surface area contributed by atoms with Crippen LogP contribution in [0.3, 0.4) is 0 Å². The molecule has 0 saturated heterocycles. The number of nitrogens with one attached hydrogen (secondary N) is 1. The van der Waals surface area contributed by atoms with E-state index >= 15 is 0 Å². The van der Waals surface area contributed by atoms with E-state index < -0.39 is 0 Å². The van der Waals surface area contributed by atoms with E-state index in [4.69, 9.17) is 0 Å². The fraction of sp³-hybridized carbons (Fsp3) is 0.400. The first-order valence-electron chi connectivity index (χ1n) is 8.91. The van der Waals surface area contributed by atoms with Crippen molar-refractivity contribution in [3.63, 3.8) is 0 Å². The molecule has 1 atom stereocenters.